The molecule has 0 atom stereocenters. The summed E-state index contributed by atoms with van der Waals surface area (Å²) in [6.07, 6.45) is 0. The maximum atomic E-state index is 11.0. The average Bonchev–Trinajstić information content (AvgIpc) is 2.56. The molecule has 2 aromatic rings. The molecule has 0 aliphatic carbocycles. The van der Waals surface area contributed by atoms with Gasteiger partial charge in [-0.15, -0.1) is 5.11 Å². The van der Waals surface area contributed by atoms with Gasteiger partial charge in [-0.05, 0) is 44.2 Å². The van der Waals surface area contributed by atoms with Crippen molar-refractivity contribution < 1.29 is 19.4 Å². The Bertz CT molecular complexity index is 713. The SMILES string of the molecule is CCOc1cccc(N=Nc2cccc(C(=O)O)c2)c1OCC. The summed E-state index contributed by atoms with van der Waals surface area (Å²) in [4.78, 5) is 11.0. The van der Waals surface area contributed by atoms with Crippen molar-refractivity contribution in [1.29, 1.82) is 0 Å². The van der Waals surface area contributed by atoms with E-state index in [1.807, 2.05) is 13.8 Å². The summed E-state index contributed by atoms with van der Waals surface area (Å²) in [7, 11) is 0. The second kappa shape index (κ2) is 7.93. The van der Waals surface area contributed by atoms with E-state index in [1.165, 1.54) is 12.1 Å². The van der Waals surface area contributed by atoms with Crippen LogP contribution in [0, 0.1) is 0 Å². The van der Waals surface area contributed by atoms with Crippen LogP contribution in [0.5, 0.6) is 11.5 Å². The quantitative estimate of drug-likeness (QED) is 0.757. The van der Waals surface area contributed by atoms with Gasteiger partial charge in [0.25, 0.3) is 0 Å². The van der Waals surface area contributed by atoms with Gasteiger partial charge in [-0.1, -0.05) is 12.1 Å². The van der Waals surface area contributed by atoms with E-state index < -0.39 is 5.97 Å². The molecule has 0 unspecified atom stereocenters. The minimum absolute atomic E-state index is 0.162. The lowest BCUT2D eigenvalue weighted by atomic mass is 10.2. The summed E-state index contributed by atoms with van der Waals surface area (Å²) in [6.45, 7) is 4.75. The standard InChI is InChI=1S/C17H18N2O4/c1-3-22-15-10-6-9-14(16(15)23-4-2)19-18-13-8-5-7-12(11-13)17(20)21/h5-11H,3-4H2,1-2H3,(H,20,21). The number of hydrogen-bond donors (Lipinski definition) is 1. The number of ether oxygens (including phenoxy) is 2. The zero-order valence-corrected chi connectivity index (χ0v) is 13.0. The van der Waals surface area contributed by atoms with Crippen LogP contribution < -0.4 is 9.47 Å². The van der Waals surface area contributed by atoms with Crippen molar-refractivity contribution in [2.75, 3.05) is 13.2 Å². The van der Waals surface area contributed by atoms with Crippen molar-refractivity contribution in [3.8, 4) is 11.5 Å². The van der Waals surface area contributed by atoms with Gasteiger partial charge >= 0.3 is 5.97 Å². The summed E-state index contributed by atoms with van der Waals surface area (Å²) in [6, 6.07) is 11.6. The fourth-order valence-electron chi connectivity index (χ4n) is 1.95. The minimum atomic E-state index is -1.00. The van der Waals surface area contributed by atoms with E-state index in [1.54, 1.807) is 30.3 Å². The Labute approximate surface area is 134 Å². The number of aromatic carboxylic acids is 1. The summed E-state index contributed by atoms with van der Waals surface area (Å²) in [5, 5.41) is 17.3. The highest BCUT2D eigenvalue weighted by molar-refractivity contribution is 5.88. The molecule has 2 rings (SSSR count). The van der Waals surface area contributed by atoms with E-state index in [0.717, 1.165) is 0 Å². The highest BCUT2D eigenvalue weighted by Gasteiger charge is 2.10. The van der Waals surface area contributed by atoms with Crippen LogP contribution in [0.25, 0.3) is 0 Å². The van der Waals surface area contributed by atoms with Crippen LogP contribution >= 0.6 is 0 Å². The summed E-state index contributed by atoms with van der Waals surface area (Å²) >= 11 is 0. The lowest BCUT2D eigenvalue weighted by Crippen LogP contribution is -1.98. The predicted octanol–water partition coefficient (Wildman–Crippen LogP) is 4.60. The summed E-state index contributed by atoms with van der Waals surface area (Å²) < 4.78 is 11.1. The second-order valence-electron chi connectivity index (χ2n) is 4.53. The van der Waals surface area contributed by atoms with Crippen LogP contribution in [0.3, 0.4) is 0 Å². The molecule has 6 nitrogen and oxygen atoms in total. The number of benzene rings is 2. The monoisotopic (exact) mass is 314 g/mol. The first kappa shape index (κ1) is 16.5. The second-order valence-corrected chi connectivity index (χ2v) is 4.53. The van der Waals surface area contributed by atoms with Gasteiger partial charge in [0.15, 0.2) is 11.5 Å². The highest BCUT2D eigenvalue weighted by Crippen LogP contribution is 2.38. The van der Waals surface area contributed by atoms with E-state index in [2.05, 4.69) is 10.2 Å². The molecule has 0 aliphatic rings. The molecule has 0 saturated carbocycles. The minimum Gasteiger partial charge on any atom is -0.490 e. The first-order chi connectivity index (χ1) is 11.2. The Morgan fingerprint density at radius 2 is 1.78 bits per heavy atom. The fraction of sp³-hybridized carbons (Fsp3) is 0.235. The van der Waals surface area contributed by atoms with Crippen LogP contribution in [-0.2, 0) is 0 Å². The van der Waals surface area contributed by atoms with Crippen molar-refractivity contribution in [3.63, 3.8) is 0 Å². The van der Waals surface area contributed by atoms with Gasteiger partial charge in [-0.2, -0.15) is 5.11 Å². The van der Waals surface area contributed by atoms with E-state index in [9.17, 15) is 4.79 Å². The van der Waals surface area contributed by atoms with Gasteiger partial charge in [-0.3, -0.25) is 0 Å². The number of carboxylic acid groups (broad SMARTS) is 1. The van der Waals surface area contributed by atoms with Gasteiger partial charge in [0.2, 0.25) is 0 Å². The zero-order chi connectivity index (χ0) is 16.7. The third kappa shape index (κ3) is 4.29. The summed E-state index contributed by atoms with van der Waals surface area (Å²) in [5.41, 5.74) is 1.14. The van der Waals surface area contributed by atoms with Gasteiger partial charge in [0.05, 0.1) is 24.5 Å². The molecule has 0 radical (unpaired) electrons. The Morgan fingerprint density at radius 1 is 1.04 bits per heavy atom. The molecule has 0 fully saturated rings. The van der Waals surface area contributed by atoms with Crippen LogP contribution in [0.15, 0.2) is 52.7 Å². The van der Waals surface area contributed by atoms with E-state index >= 15 is 0 Å². The molecule has 23 heavy (non-hydrogen) atoms. The van der Waals surface area contributed by atoms with Gasteiger partial charge < -0.3 is 14.6 Å². The van der Waals surface area contributed by atoms with Crippen LogP contribution in [0.1, 0.15) is 24.2 Å². The third-order valence-electron chi connectivity index (χ3n) is 2.91. The Morgan fingerprint density at radius 3 is 2.48 bits per heavy atom. The molecule has 0 spiro atoms. The van der Waals surface area contributed by atoms with Gasteiger partial charge in [0.1, 0.15) is 5.69 Å². The van der Waals surface area contributed by atoms with Crippen molar-refractivity contribution in [2.24, 2.45) is 10.2 Å². The number of carbonyl (C=O) groups is 1. The van der Waals surface area contributed by atoms with Crippen molar-refractivity contribution in [2.45, 2.75) is 13.8 Å². The lowest BCUT2D eigenvalue weighted by Gasteiger charge is -2.12. The fourth-order valence-corrected chi connectivity index (χ4v) is 1.95. The molecular weight excluding hydrogens is 296 g/mol. The van der Waals surface area contributed by atoms with Gasteiger partial charge in [-0.25, -0.2) is 4.79 Å². The molecule has 0 aliphatic heterocycles. The Hall–Kier alpha value is -2.89. The molecule has 0 aromatic heterocycles. The van der Waals surface area contributed by atoms with Crippen molar-refractivity contribution in [1.82, 2.24) is 0 Å². The molecule has 1 N–H and O–H groups in total. The van der Waals surface area contributed by atoms with Gasteiger partial charge in [0, 0.05) is 0 Å². The molecule has 0 amide bonds. The molecule has 0 saturated heterocycles. The third-order valence-corrected chi connectivity index (χ3v) is 2.91. The molecule has 2 aromatic carbocycles. The van der Waals surface area contributed by atoms with Crippen molar-refractivity contribution >= 4 is 17.3 Å². The number of hydrogen-bond acceptors (Lipinski definition) is 5. The largest absolute Gasteiger partial charge is 0.490 e. The molecule has 0 heterocycles. The first-order valence-electron chi connectivity index (χ1n) is 7.29. The smallest absolute Gasteiger partial charge is 0.335 e. The normalized spacial score (nSPS) is 10.7. The topological polar surface area (TPSA) is 80.5 Å². The number of carboxylic acids is 1. The number of para-hydroxylation sites is 1. The van der Waals surface area contributed by atoms with E-state index in [4.69, 9.17) is 14.6 Å². The van der Waals surface area contributed by atoms with Crippen LogP contribution in [-0.4, -0.2) is 24.3 Å². The zero-order valence-electron chi connectivity index (χ0n) is 13.0. The maximum absolute atomic E-state index is 11.0. The number of azo groups is 1. The number of nitrogens with zero attached hydrogens (tertiary/aromatic N) is 2. The predicted molar refractivity (Wildman–Crippen MR) is 86.4 cm³/mol. The maximum Gasteiger partial charge on any atom is 0.335 e. The Kier molecular flexibility index (Phi) is 5.68. The van der Waals surface area contributed by atoms with E-state index in [-0.39, 0.29) is 5.56 Å². The molecule has 0 bridgehead atoms. The average molecular weight is 314 g/mol. The molecule has 120 valence electrons. The highest BCUT2D eigenvalue weighted by atomic mass is 16.5. The molecular formula is C17H18N2O4. The van der Waals surface area contributed by atoms with Crippen molar-refractivity contribution in [3.05, 3.63) is 48.0 Å². The Balaban J connectivity index is 2.33. The lowest BCUT2D eigenvalue weighted by molar-refractivity contribution is 0.0697. The first-order valence-corrected chi connectivity index (χ1v) is 7.29. The van der Waals surface area contributed by atoms with E-state index in [0.29, 0.717) is 36.1 Å². The number of rotatable bonds is 7. The molecule has 6 heteroatoms. The van der Waals surface area contributed by atoms with Crippen LogP contribution in [0.2, 0.25) is 0 Å². The van der Waals surface area contributed by atoms with Crippen LogP contribution in [0.4, 0.5) is 11.4 Å². The summed E-state index contributed by atoms with van der Waals surface area (Å²) in [5.74, 6) is 0.121.